The molecule has 47 heavy (non-hydrogen) atoms. The summed E-state index contributed by atoms with van der Waals surface area (Å²) in [5.41, 5.74) is 5.86. The van der Waals surface area contributed by atoms with Crippen molar-refractivity contribution in [3.63, 3.8) is 0 Å². The number of allylic oxidation sites excluding steroid dienone is 5. The van der Waals surface area contributed by atoms with E-state index in [2.05, 4.69) is 39.2 Å². The van der Waals surface area contributed by atoms with Crippen LogP contribution < -0.4 is 10.1 Å². The van der Waals surface area contributed by atoms with Crippen LogP contribution in [0.25, 0.3) is 5.57 Å². The molecule has 0 saturated heterocycles. The fourth-order valence-electron chi connectivity index (χ4n) is 4.01. The van der Waals surface area contributed by atoms with Crippen molar-refractivity contribution in [2.75, 3.05) is 13.7 Å². The lowest BCUT2D eigenvalue weighted by Gasteiger charge is -2.09. The van der Waals surface area contributed by atoms with Crippen molar-refractivity contribution in [1.29, 1.82) is 0 Å². The highest BCUT2D eigenvalue weighted by Crippen LogP contribution is 2.24. The lowest BCUT2D eigenvalue weighted by molar-refractivity contribution is 0.101. The Morgan fingerprint density at radius 3 is 1.72 bits per heavy atom. The number of rotatable bonds is 13. The van der Waals surface area contributed by atoms with Gasteiger partial charge in [-0.25, -0.2) is 0 Å². The molecule has 2 rings (SSSR count). The van der Waals surface area contributed by atoms with Gasteiger partial charge in [-0.05, 0) is 76.8 Å². The van der Waals surface area contributed by atoms with Gasteiger partial charge < -0.3 is 15.2 Å². The van der Waals surface area contributed by atoms with E-state index in [1.807, 2.05) is 112 Å². The second-order valence-electron chi connectivity index (χ2n) is 10.9. The van der Waals surface area contributed by atoms with Crippen LogP contribution in [0.5, 0.6) is 11.5 Å². The van der Waals surface area contributed by atoms with Gasteiger partial charge in [-0.3, -0.25) is 4.79 Å². The number of aromatic hydroxyl groups is 1. The molecule has 0 bridgehead atoms. The fourth-order valence-corrected chi connectivity index (χ4v) is 4.01. The summed E-state index contributed by atoms with van der Waals surface area (Å²) in [6, 6.07) is 14.5. The van der Waals surface area contributed by atoms with Gasteiger partial charge in [0.25, 0.3) is 0 Å². The number of nitrogens with one attached hydrogen (secondary N) is 1. The summed E-state index contributed by atoms with van der Waals surface area (Å²) in [7, 11) is 1.89. The first-order valence-electron chi connectivity index (χ1n) is 17.8. The molecule has 0 fully saturated rings. The van der Waals surface area contributed by atoms with E-state index in [1.165, 1.54) is 43.3 Å². The van der Waals surface area contributed by atoms with Crippen LogP contribution >= 0.6 is 0 Å². The Morgan fingerprint density at radius 1 is 0.851 bits per heavy atom. The average Bonchev–Trinajstić information content (AvgIpc) is 3.07. The van der Waals surface area contributed by atoms with Gasteiger partial charge >= 0.3 is 0 Å². The number of phenolic OH excluding ortho intramolecular Hbond substituents is 1. The van der Waals surface area contributed by atoms with Crippen LogP contribution in [0.15, 0.2) is 90.7 Å². The summed E-state index contributed by atoms with van der Waals surface area (Å²) in [5, 5.41) is 12.5. The standard InChI is InChI=1S/C12H14O.C11H14O2.C9H20.C7H13N.2C2H6/c1-9(2)8-10(3)11-6-4-5-7-12(11)13;1-3-8-13-11-7-5-4-6-10(11)9(2)12;1-4-7-8-9(5-2)6-3;1-5-7(8-4)6(2)3;2*1-2/h4-8,13H,3H2,1-2H3;4-7H,3,8H2,1-2H3;9H,4-8H2,1-3H3;5,8H,1H2,2-4H3;2*1-2H3. The predicted octanol–water partition coefficient (Wildman–Crippen LogP) is 13.4. The maximum absolute atomic E-state index is 11.1. The number of unbranched alkanes of at least 4 members (excludes halogenated alkanes) is 1. The van der Waals surface area contributed by atoms with Crippen LogP contribution in [-0.4, -0.2) is 24.5 Å². The van der Waals surface area contributed by atoms with E-state index in [0.29, 0.717) is 17.9 Å². The Balaban J connectivity index is -0.000000258. The van der Waals surface area contributed by atoms with Crippen LogP contribution in [0, 0.1) is 5.92 Å². The van der Waals surface area contributed by atoms with Gasteiger partial charge in [-0.2, -0.15) is 0 Å². The Morgan fingerprint density at radius 2 is 1.36 bits per heavy atom. The maximum atomic E-state index is 11.1. The van der Waals surface area contributed by atoms with E-state index >= 15 is 0 Å². The normalized spacial score (nSPS) is 8.91. The third-order valence-corrected chi connectivity index (χ3v) is 6.57. The van der Waals surface area contributed by atoms with Crippen molar-refractivity contribution in [3.05, 3.63) is 102 Å². The minimum absolute atomic E-state index is 0.0479. The van der Waals surface area contributed by atoms with Gasteiger partial charge in [0.2, 0.25) is 0 Å². The lowest BCUT2D eigenvalue weighted by Crippen LogP contribution is -2.03. The second-order valence-corrected chi connectivity index (χ2v) is 10.9. The number of benzene rings is 2. The highest BCUT2D eigenvalue weighted by atomic mass is 16.5. The van der Waals surface area contributed by atoms with E-state index in [-0.39, 0.29) is 11.5 Å². The van der Waals surface area contributed by atoms with Crippen LogP contribution in [0.2, 0.25) is 0 Å². The topological polar surface area (TPSA) is 58.6 Å². The number of hydrogen-bond acceptors (Lipinski definition) is 4. The Kier molecular flexibility index (Phi) is 37.8. The van der Waals surface area contributed by atoms with Crippen molar-refractivity contribution in [3.8, 4) is 11.5 Å². The molecular formula is C43H73NO3. The Labute approximate surface area is 292 Å². The summed E-state index contributed by atoms with van der Waals surface area (Å²) < 4.78 is 5.43. The van der Waals surface area contributed by atoms with Gasteiger partial charge in [-0.1, -0.05) is 148 Å². The van der Waals surface area contributed by atoms with Crippen molar-refractivity contribution >= 4 is 11.4 Å². The highest BCUT2D eigenvalue weighted by molar-refractivity contribution is 5.96. The Hall–Kier alpha value is -3.53. The van der Waals surface area contributed by atoms with Gasteiger partial charge in [-0.15, -0.1) is 0 Å². The monoisotopic (exact) mass is 652 g/mol. The first-order chi connectivity index (χ1) is 22.4. The number of carbonyl (C=O) groups is 1. The van der Waals surface area contributed by atoms with Gasteiger partial charge in [0.05, 0.1) is 12.2 Å². The number of Topliss-reactive ketones (excluding diaryl/α,β-unsaturated/α-hetero) is 1. The second kappa shape index (κ2) is 35.3. The van der Waals surface area contributed by atoms with Gasteiger partial charge in [0, 0.05) is 18.3 Å². The molecule has 4 nitrogen and oxygen atoms in total. The van der Waals surface area contributed by atoms with Crippen LogP contribution in [0.1, 0.15) is 144 Å². The van der Waals surface area contributed by atoms with E-state index in [9.17, 15) is 9.90 Å². The molecule has 0 aromatic heterocycles. The zero-order chi connectivity index (χ0) is 37.2. The number of ether oxygens (including phenoxy) is 1. The molecule has 0 saturated carbocycles. The summed E-state index contributed by atoms with van der Waals surface area (Å²) in [5.74, 6) is 2.03. The molecule has 0 aliphatic heterocycles. The van der Waals surface area contributed by atoms with Crippen molar-refractivity contribution in [2.24, 2.45) is 5.92 Å². The first-order valence-corrected chi connectivity index (χ1v) is 17.8. The number of phenols is 1. The summed E-state index contributed by atoms with van der Waals surface area (Å²) in [4.78, 5) is 11.1. The summed E-state index contributed by atoms with van der Waals surface area (Å²) >= 11 is 0. The summed E-state index contributed by atoms with van der Waals surface area (Å²) in [6.07, 6.45) is 11.7. The third-order valence-electron chi connectivity index (χ3n) is 6.57. The molecule has 2 aromatic rings. The molecule has 268 valence electrons. The predicted molar refractivity (Wildman–Crippen MR) is 213 cm³/mol. The molecule has 0 heterocycles. The average molecular weight is 652 g/mol. The molecule has 0 amide bonds. The van der Waals surface area contributed by atoms with Crippen LogP contribution in [-0.2, 0) is 0 Å². The zero-order valence-electron chi connectivity index (χ0n) is 33.0. The van der Waals surface area contributed by atoms with Crippen molar-refractivity contribution in [2.45, 2.75) is 129 Å². The fraction of sp³-hybridized carbons (Fsp3) is 0.512. The number of hydrogen-bond donors (Lipinski definition) is 2. The Bertz CT molecular complexity index is 1120. The molecule has 0 spiro atoms. The lowest BCUT2D eigenvalue weighted by atomic mass is 9.97. The van der Waals surface area contributed by atoms with E-state index in [4.69, 9.17) is 4.74 Å². The molecule has 0 unspecified atom stereocenters. The number of ketones is 1. The van der Waals surface area contributed by atoms with Crippen molar-refractivity contribution < 1.29 is 14.6 Å². The zero-order valence-corrected chi connectivity index (χ0v) is 33.0. The third kappa shape index (κ3) is 27.3. The largest absolute Gasteiger partial charge is 0.507 e. The molecule has 2 N–H and O–H groups in total. The first kappa shape index (κ1) is 50.3. The molecule has 4 heteroatoms. The number of likely N-dealkylation sites (N-methyl/N-ethyl adjacent to an activating group) is 1. The van der Waals surface area contributed by atoms with E-state index in [0.717, 1.165) is 29.2 Å². The van der Waals surface area contributed by atoms with Crippen LogP contribution in [0.4, 0.5) is 0 Å². The number of para-hydroxylation sites is 2. The minimum atomic E-state index is 0.0479. The number of carbonyl (C=O) groups excluding carboxylic acids is 1. The smallest absolute Gasteiger partial charge is 0.163 e. The minimum Gasteiger partial charge on any atom is -0.507 e. The SMILES string of the molecule is C=C(C=C(C)C)c1ccccc1O.C=CC(NC)=C(C)C.CC.CC.CCCCC(CC)CC.CCCOc1ccccc1C(C)=O. The maximum Gasteiger partial charge on any atom is 0.163 e. The molecular weight excluding hydrogens is 578 g/mol. The molecule has 0 aliphatic rings. The van der Waals surface area contributed by atoms with E-state index in [1.54, 1.807) is 25.1 Å². The molecule has 0 aliphatic carbocycles. The quantitative estimate of drug-likeness (QED) is 0.167. The van der Waals surface area contributed by atoms with E-state index < -0.39 is 0 Å². The molecule has 0 radical (unpaired) electrons. The highest BCUT2D eigenvalue weighted by Gasteiger charge is 2.06. The van der Waals surface area contributed by atoms with Gasteiger partial charge in [0.1, 0.15) is 11.5 Å². The van der Waals surface area contributed by atoms with Crippen LogP contribution in [0.3, 0.4) is 0 Å². The summed E-state index contributed by atoms with van der Waals surface area (Å²) in [6.45, 7) is 34.7. The molecule has 2 aromatic carbocycles. The van der Waals surface area contributed by atoms with Gasteiger partial charge in [0.15, 0.2) is 5.78 Å². The van der Waals surface area contributed by atoms with Crippen molar-refractivity contribution in [1.82, 2.24) is 5.32 Å². The molecule has 0 atom stereocenters.